The van der Waals surface area contributed by atoms with Crippen LogP contribution in [-0.2, 0) is 13.5 Å². The topological polar surface area (TPSA) is 29.9 Å². The van der Waals surface area contributed by atoms with Crippen molar-refractivity contribution >= 4 is 15.9 Å². The Kier molecular flexibility index (Phi) is 3.97. The molecule has 1 unspecified atom stereocenters. The molecule has 0 bridgehead atoms. The second kappa shape index (κ2) is 5.47. The lowest BCUT2D eigenvalue weighted by atomic mass is 10.0. The van der Waals surface area contributed by atoms with E-state index in [0.29, 0.717) is 6.04 Å². The van der Waals surface area contributed by atoms with Gasteiger partial charge in [-0.3, -0.25) is 4.68 Å². The molecule has 3 nitrogen and oxygen atoms in total. The molecule has 4 heteroatoms. The van der Waals surface area contributed by atoms with Gasteiger partial charge < -0.3 is 5.32 Å². The maximum atomic E-state index is 4.21. The highest BCUT2D eigenvalue weighted by atomic mass is 79.9. The van der Waals surface area contributed by atoms with Crippen molar-refractivity contribution in [2.45, 2.75) is 12.5 Å². The zero-order valence-corrected chi connectivity index (χ0v) is 11.6. The first-order chi connectivity index (χ1) is 8.19. The maximum Gasteiger partial charge on any atom is 0.0537 e. The van der Waals surface area contributed by atoms with Crippen LogP contribution in [0.3, 0.4) is 0 Å². The van der Waals surface area contributed by atoms with Crippen LogP contribution in [0.2, 0.25) is 0 Å². The largest absolute Gasteiger partial charge is 0.313 e. The summed E-state index contributed by atoms with van der Waals surface area (Å²) in [6.07, 6.45) is 4.94. The first kappa shape index (κ1) is 12.3. The van der Waals surface area contributed by atoms with Crippen molar-refractivity contribution in [3.63, 3.8) is 0 Å². The van der Waals surface area contributed by atoms with E-state index in [0.717, 1.165) is 10.9 Å². The third kappa shape index (κ3) is 3.17. The van der Waals surface area contributed by atoms with Crippen LogP contribution in [0.1, 0.15) is 17.2 Å². The zero-order chi connectivity index (χ0) is 12.3. The number of hydrogen-bond acceptors (Lipinski definition) is 2. The zero-order valence-electron chi connectivity index (χ0n) is 10.0. The van der Waals surface area contributed by atoms with Crippen LogP contribution in [0.25, 0.3) is 0 Å². The summed E-state index contributed by atoms with van der Waals surface area (Å²) in [6, 6.07) is 8.75. The van der Waals surface area contributed by atoms with Gasteiger partial charge in [-0.25, -0.2) is 0 Å². The van der Waals surface area contributed by atoms with Crippen molar-refractivity contribution in [1.29, 1.82) is 0 Å². The van der Waals surface area contributed by atoms with E-state index in [2.05, 4.69) is 56.8 Å². The number of likely N-dealkylation sites (N-methyl/N-ethyl adjacent to an activating group) is 1. The predicted octanol–water partition coefficient (Wildman–Crippen LogP) is 2.69. The van der Waals surface area contributed by atoms with Crippen molar-refractivity contribution in [1.82, 2.24) is 15.1 Å². The first-order valence-electron chi connectivity index (χ1n) is 5.59. The van der Waals surface area contributed by atoms with Gasteiger partial charge in [0.1, 0.15) is 0 Å². The average molecular weight is 294 g/mol. The van der Waals surface area contributed by atoms with Gasteiger partial charge >= 0.3 is 0 Å². The number of aromatic nitrogens is 2. The highest BCUT2D eigenvalue weighted by Crippen LogP contribution is 2.19. The molecule has 0 fully saturated rings. The third-order valence-electron chi connectivity index (χ3n) is 2.83. The van der Waals surface area contributed by atoms with Crippen molar-refractivity contribution < 1.29 is 0 Å². The molecule has 0 aliphatic heterocycles. The highest BCUT2D eigenvalue weighted by Gasteiger charge is 2.11. The molecule has 2 rings (SSSR count). The summed E-state index contributed by atoms with van der Waals surface area (Å²) in [5.74, 6) is 0. The van der Waals surface area contributed by atoms with Gasteiger partial charge in [0.25, 0.3) is 0 Å². The first-order valence-corrected chi connectivity index (χ1v) is 6.38. The molecule has 1 N–H and O–H groups in total. The Morgan fingerprint density at radius 1 is 1.35 bits per heavy atom. The highest BCUT2D eigenvalue weighted by molar-refractivity contribution is 9.10. The number of benzene rings is 1. The summed E-state index contributed by atoms with van der Waals surface area (Å²) in [5.41, 5.74) is 2.54. The van der Waals surface area contributed by atoms with Gasteiger partial charge in [-0.15, -0.1) is 0 Å². The molecule has 1 aromatic carbocycles. The Labute approximate surface area is 110 Å². The number of aryl methyl sites for hydroxylation is 1. The van der Waals surface area contributed by atoms with Gasteiger partial charge in [0, 0.05) is 29.3 Å². The van der Waals surface area contributed by atoms with Crippen LogP contribution in [0.5, 0.6) is 0 Å². The molecule has 0 spiro atoms. The Morgan fingerprint density at radius 3 is 2.59 bits per heavy atom. The van der Waals surface area contributed by atoms with Gasteiger partial charge in [-0.2, -0.15) is 5.10 Å². The summed E-state index contributed by atoms with van der Waals surface area (Å²) in [5, 5.41) is 7.54. The van der Waals surface area contributed by atoms with Crippen LogP contribution >= 0.6 is 15.9 Å². The predicted molar refractivity (Wildman–Crippen MR) is 72.9 cm³/mol. The van der Waals surface area contributed by atoms with Crippen molar-refractivity contribution in [3.8, 4) is 0 Å². The molecule has 1 atom stereocenters. The number of rotatable bonds is 4. The molecule has 1 heterocycles. The lowest BCUT2D eigenvalue weighted by molar-refractivity contribution is 0.591. The van der Waals surface area contributed by atoms with Gasteiger partial charge in [0.15, 0.2) is 0 Å². The van der Waals surface area contributed by atoms with E-state index in [9.17, 15) is 0 Å². The van der Waals surface area contributed by atoms with Crippen LogP contribution in [0.15, 0.2) is 41.1 Å². The number of hydrogen-bond donors (Lipinski definition) is 1. The molecule has 0 amide bonds. The van der Waals surface area contributed by atoms with Gasteiger partial charge in [-0.05, 0) is 31.2 Å². The summed E-state index contributed by atoms with van der Waals surface area (Å²) in [7, 11) is 3.92. The molecule has 0 aliphatic rings. The third-order valence-corrected chi connectivity index (χ3v) is 3.36. The molecular formula is C13H16BrN3. The van der Waals surface area contributed by atoms with Crippen molar-refractivity contribution in [2.75, 3.05) is 7.05 Å². The normalized spacial score (nSPS) is 12.6. The van der Waals surface area contributed by atoms with Crippen molar-refractivity contribution in [3.05, 3.63) is 52.3 Å². The molecule has 0 radical (unpaired) electrons. The maximum absolute atomic E-state index is 4.21. The Bertz CT molecular complexity index is 476. The minimum absolute atomic E-state index is 0.310. The number of nitrogens with one attached hydrogen (secondary N) is 1. The lowest BCUT2D eigenvalue weighted by Gasteiger charge is -2.14. The molecule has 17 heavy (non-hydrogen) atoms. The van der Waals surface area contributed by atoms with E-state index in [1.54, 1.807) is 0 Å². The minimum Gasteiger partial charge on any atom is -0.313 e. The van der Waals surface area contributed by atoms with Crippen LogP contribution < -0.4 is 5.32 Å². The fourth-order valence-corrected chi connectivity index (χ4v) is 2.13. The summed E-state index contributed by atoms with van der Waals surface area (Å²) in [6.45, 7) is 0. The molecular weight excluding hydrogens is 278 g/mol. The van der Waals surface area contributed by atoms with E-state index in [4.69, 9.17) is 0 Å². The Morgan fingerprint density at radius 2 is 2.06 bits per heavy atom. The van der Waals surface area contributed by atoms with Crippen LogP contribution in [-0.4, -0.2) is 16.8 Å². The number of halogens is 1. The smallest absolute Gasteiger partial charge is 0.0537 e. The molecule has 2 aromatic rings. The summed E-state index contributed by atoms with van der Waals surface area (Å²) in [4.78, 5) is 0. The molecule has 0 saturated carbocycles. The molecule has 90 valence electrons. The standard InChI is InChI=1S/C13H16BrN3/c1-15-13(11-8-16-17(2)9-11)7-10-3-5-12(14)6-4-10/h3-6,8-9,13,15H,7H2,1-2H3. The Hall–Kier alpha value is -1.13. The summed E-state index contributed by atoms with van der Waals surface area (Å²) < 4.78 is 2.95. The summed E-state index contributed by atoms with van der Waals surface area (Å²) >= 11 is 3.45. The fraction of sp³-hybridized carbons (Fsp3) is 0.308. The van der Waals surface area contributed by atoms with E-state index < -0.39 is 0 Å². The van der Waals surface area contributed by atoms with Gasteiger partial charge in [0.05, 0.1) is 6.20 Å². The molecule has 1 aromatic heterocycles. The second-order valence-corrected chi connectivity index (χ2v) is 5.03. The fourth-order valence-electron chi connectivity index (χ4n) is 1.86. The van der Waals surface area contributed by atoms with Gasteiger partial charge in [-0.1, -0.05) is 28.1 Å². The second-order valence-electron chi connectivity index (χ2n) is 4.12. The average Bonchev–Trinajstić information content (AvgIpc) is 2.75. The SMILES string of the molecule is CNC(Cc1ccc(Br)cc1)c1cnn(C)c1. The van der Waals surface area contributed by atoms with Crippen molar-refractivity contribution in [2.24, 2.45) is 7.05 Å². The number of nitrogens with zero attached hydrogens (tertiary/aromatic N) is 2. The molecule has 0 aliphatic carbocycles. The van der Waals surface area contributed by atoms with Crippen LogP contribution in [0.4, 0.5) is 0 Å². The minimum atomic E-state index is 0.310. The lowest BCUT2D eigenvalue weighted by Crippen LogP contribution is -2.18. The molecule has 0 saturated heterocycles. The quantitative estimate of drug-likeness (QED) is 0.939. The van der Waals surface area contributed by atoms with E-state index >= 15 is 0 Å². The van der Waals surface area contributed by atoms with E-state index in [1.807, 2.05) is 25.0 Å². The van der Waals surface area contributed by atoms with Gasteiger partial charge in [0.2, 0.25) is 0 Å². The monoisotopic (exact) mass is 293 g/mol. The Balaban J connectivity index is 2.12. The van der Waals surface area contributed by atoms with Crippen LogP contribution in [0, 0.1) is 0 Å². The van der Waals surface area contributed by atoms with E-state index in [-0.39, 0.29) is 0 Å². The van der Waals surface area contributed by atoms with E-state index in [1.165, 1.54) is 11.1 Å².